The van der Waals surface area contributed by atoms with Gasteiger partial charge in [0.1, 0.15) is 13.5 Å². The molecule has 13 heavy (non-hydrogen) atoms. The molecule has 76 valence electrons. The Labute approximate surface area is 82.9 Å². The summed E-state index contributed by atoms with van der Waals surface area (Å²) < 4.78 is 0. The normalized spacial score (nSPS) is 21.4. The van der Waals surface area contributed by atoms with Gasteiger partial charge in [0.15, 0.2) is 0 Å². The molecule has 0 saturated heterocycles. The van der Waals surface area contributed by atoms with Crippen molar-refractivity contribution in [3.63, 3.8) is 0 Å². The molecule has 0 aromatic carbocycles. The summed E-state index contributed by atoms with van der Waals surface area (Å²) in [5.41, 5.74) is 0.0724. The topological polar surface area (TPSA) is 17.1 Å². The Kier molecular flexibility index (Phi) is 2.27. The Morgan fingerprint density at radius 2 is 1.62 bits per heavy atom. The second kappa shape index (κ2) is 2.69. The highest BCUT2D eigenvalue weighted by Crippen LogP contribution is 2.51. The maximum absolute atomic E-state index is 12.3. The number of carbonyl (C=O) groups excluding carboxylic acids is 1. The standard InChI is InChI=1S/C11H22OSi/c1-10(2,3)13(5,6)9(12)11(4)7-8-11/h7-8H2,1-6H3. The van der Waals surface area contributed by atoms with E-state index in [-0.39, 0.29) is 10.5 Å². The van der Waals surface area contributed by atoms with Crippen LogP contribution in [-0.4, -0.2) is 13.5 Å². The molecule has 0 aromatic rings. The summed E-state index contributed by atoms with van der Waals surface area (Å²) in [6.07, 6.45) is 2.25. The van der Waals surface area contributed by atoms with E-state index in [4.69, 9.17) is 0 Å². The van der Waals surface area contributed by atoms with Crippen LogP contribution in [0.1, 0.15) is 40.5 Å². The number of carbonyl (C=O) groups is 1. The van der Waals surface area contributed by atoms with Crippen LogP contribution in [0.2, 0.25) is 18.1 Å². The summed E-state index contributed by atoms with van der Waals surface area (Å²) in [4.78, 5) is 12.3. The van der Waals surface area contributed by atoms with E-state index in [1.54, 1.807) is 0 Å². The highest BCUT2D eigenvalue weighted by atomic mass is 28.3. The van der Waals surface area contributed by atoms with E-state index in [1.807, 2.05) is 0 Å². The van der Waals surface area contributed by atoms with Crippen LogP contribution in [0.3, 0.4) is 0 Å². The number of hydrogen-bond donors (Lipinski definition) is 0. The smallest absolute Gasteiger partial charge is 0.133 e. The fourth-order valence-corrected chi connectivity index (χ4v) is 3.95. The van der Waals surface area contributed by atoms with E-state index in [0.717, 1.165) is 12.8 Å². The highest BCUT2D eigenvalue weighted by Gasteiger charge is 2.54. The zero-order valence-corrected chi connectivity index (χ0v) is 10.8. The Hall–Kier alpha value is -0.113. The van der Waals surface area contributed by atoms with Crippen molar-refractivity contribution in [2.24, 2.45) is 5.41 Å². The van der Waals surface area contributed by atoms with Crippen molar-refractivity contribution in [1.29, 1.82) is 0 Å². The van der Waals surface area contributed by atoms with Crippen molar-refractivity contribution in [1.82, 2.24) is 0 Å². The molecule has 0 aliphatic heterocycles. The first-order valence-corrected chi connectivity index (χ1v) is 8.16. The zero-order chi connectivity index (χ0) is 10.5. The van der Waals surface area contributed by atoms with Crippen LogP contribution < -0.4 is 0 Å². The van der Waals surface area contributed by atoms with Crippen LogP contribution in [0.25, 0.3) is 0 Å². The molecule has 2 heteroatoms. The van der Waals surface area contributed by atoms with Crippen LogP contribution >= 0.6 is 0 Å². The average molecular weight is 198 g/mol. The maximum Gasteiger partial charge on any atom is 0.133 e. The van der Waals surface area contributed by atoms with Crippen molar-refractivity contribution in [3.05, 3.63) is 0 Å². The first kappa shape index (κ1) is 11.0. The van der Waals surface area contributed by atoms with Gasteiger partial charge in [-0.25, -0.2) is 0 Å². The zero-order valence-electron chi connectivity index (χ0n) is 9.82. The lowest BCUT2D eigenvalue weighted by Gasteiger charge is -2.37. The summed E-state index contributed by atoms with van der Waals surface area (Å²) in [7, 11) is -1.72. The third-order valence-electron chi connectivity index (χ3n) is 3.99. The van der Waals surface area contributed by atoms with Crippen molar-refractivity contribution < 1.29 is 4.79 Å². The first-order chi connectivity index (χ1) is 5.61. The molecule has 0 aromatic heterocycles. The summed E-state index contributed by atoms with van der Waals surface area (Å²) >= 11 is 0. The molecule has 1 rings (SSSR count). The van der Waals surface area contributed by atoms with E-state index in [9.17, 15) is 4.79 Å². The minimum atomic E-state index is -1.72. The van der Waals surface area contributed by atoms with E-state index in [1.165, 1.54) is 0 Å². The summed E-state index contributed by atoms with van der Waals surface area (Å²) in [5.74, 6) is 0. The SMILES string of the molecule is CC1(C(=O)[Si](C)(C)C(C)(C)C)CC1. The molecule has 0 radical (unpaired) electrons. The average Bonchev–Trinajstić information content (AvgIpc) is 2.65. The van der Waals surface area contributed by atoms with E-state index in [2.05, 4.69) is 40.8 Å². The van der Waals surface area contributed by atoms with Gasteiger partial charge in [0.2, 0.25) is 0 Å². The molecule has 0 bridgehead atoms. The lowest BCUT2D eigenvalue weighted by Crippen LogP contribution is -2.49. The second-order valence-electron chi connectivity index (χ2n) is 6.26. The van der Waals surface area contributed by atoms with Gasteiger partial charge < -0.3 is 4.79 Å². The van der Waals surface area contributed by atoms with E-state index < -0.39 is 8.07 Å². The Morgan fingerprint density at radius 3 is 1.85 bits per heavy atom. The summed E-state index contributed by atoms with van der Waals surface area (Å²) in [6, 6.07) is 0. The van der Waals surface area contributed by atoms with Gasteiger partial charge in [0, 0.05) is 5.41 Å². The molecule has 0 atom stereocenters. The third-order valence-corrected chi connectivity index (χ3v) is 9.48. The first-order valence-electron chi connectivity index (χ1n) is 5.16. The monoisotopic (exact) mass is 198 g/mol. The van der Waals surface area contributed by atoms with Crippen molar-refractivity contribution in [2.45, 2.75) is 58.7 Å². The quantitative estimate of drug-likeness (QED) is 0.622. The van der Waals surface area contributed by atoms with Gasteiger partial charge in [-0.15, -0.1) is 0 Å². The van der Waals surface area contributed by atoms with Crippen molar-refractivity contribution in [3.8, 4) is 0 Å². The molecule has 0 N–H and O–H groups in total. The van der Waals surface area contributed by atoms with Crippen LogP contribution in [-0.2, 0) is 4.79 Å². The molecule has 1 aliphatic carbocycles. The van der Waals surface area contributed by atoms with Gasteiger partial charge in [-0.1, -0.05) is 40.8 Å². The minimum Gasteiger partial charge on any atom is -0.305 e. The molecule has 0 spiro atoms. The lowest BCUT2D eigenvalue weighted by atomic mass is 10.2. The van der Waals surface area contributed by atoms with Gasteiger partial charge >= 0.3 is 0 Å². The third kappa shape index (κ3) is 1.73. The van der Waals surface area contributed by atoms with Crippen LogP contribution in [0, 0.1) is 5.41 Å². The van der Waals surface area contributed by atoms with Gasteiger partial charge in [-0.2, -0.15) is 0 Å². The molecule has 0 amide bonds. The predicted octanol–water partition coefficient (Wildman–Crippen LogP) is 3.40. The highest BCUT2D eigenvalue weighted by molar-refractivity contribution is 7.06. The van der Waals surface area contributed by atoms with Gasteiger partial charge in [0.25, 0.3) is 0 Å². The fraction of sp³-hybridized carbons (Fsp3) is 0.909. The Bertz CT molecular complexity index is 231. The molecule has 1 aliphatic rings. The molecule has 1 saturated carbocycles. The van der Waals surface area contributed by atoms with E-state index in [0.29, 0.717) is 5.41 Å². The van der Waals surface area contributed by atoms with Gasteiger partial charge in [-0.3, -0.25) is 0 Å². The van der Waals surface area contributed by atoms with Gasteiger partial charge in [0.05, 0.1) is 0 Å². The number of hydrogen-bond acceptors (Lipinski definition) is 1. The van der Waals surface area contributed by atoms with Crippen LogP contribution in [0.15, 0.2) is 0 Å². The van der Waals surface area contributed by atoms with Crippen LogP contribution in [0.4, 0.5) is 0 Å². The molecule has 1 nitrogen and oxygen atoms in total. The van der Waals surface area contributed by atoms with Crippen LogP contribution in [0.5, 0.6) is 0 Å². The van der Waals surface area contributed by atoms with Crippen molar-refractivity contribution >= 4 is 13.5 Å². The predicted molar refractivity (Wildman–Crippen MR) is 59.5 cm³/mol. The Balaban J connectivity index is 2.87. The summed E-state index contributed by atoms with van der Waals surface area (Å²) in [5, 5.41) is 0.794. The molecular formula is C11H22OSi. The maximum atomic E-state index is 12.3. The molecule has 0 heterocycles. The fourth-order valence-electron chi connectivity index (χ4n) is 1.51. The van der Waals surface area contributed by atoms with E-state index >= 15 is 0 Å². The lowest BCUT2D eigenvalue weighted by molar-refractivity contribution is -0.117. The molecular weight excluding hydrogens is 176 g/mol. The Morgan fingerprint density at radius 1 is 1.23 bits per heavy atom. The van der Waals surface area contributed by atoms with Gasteiger partial charge in [-0.05, 0) is 17.9 Å². The second-order valence-corrected chi connectivity index (χ2v) is 11.5. The molecule has 1 fully saturated rings. The summed E-state index contributed by atoms with van der Waals surface area (Å²) in [6.45, 7) is 13.2. The molecule has 0 unspecified atom stereocenters. The van der Waals surface area contributed by atoms with Crippen molar-refractivity contribution in [2.75, 3.05) is 0 Å². The largest absolute Gasteiger partial charge is 0.305 e. The number of rotatable bonds is 2. The minimum absolute atomic E-state index is 0.0724.